The zero-order valence-corrected chi connectivity index (χ0v) is 8.44. The zero-order chi connectivity index (χ0) is 10.8. The standard InChI is InChI=1S/C11H12FN3/c1-8-6-15(7-14-8)11-3-9(5-12)2-10(13)4-11/h2-4,6-7H,5,13H2,1H3. The van der Waals surface area contributed by atoms with Crippen LogP contribution in [-0.2, 0) is 6.67 Å². The number of benzene rings is 1. The number of halogens is 1. The van der Waals surface area contributed by atoms with Crippen LogP contribution >= 0.6 is 0 Å². The van der Waals surface area contributed by atoms with Crippen molar-refractivity contribution in [3.05, 3.63) is 42.0 Å². The highest BCUT2D eigenvalue weighted by Crippen LogP contribution is 2.17. The van der Waals surface area contributed by atoms with Crippen molar-refractivity contribution in [2.45, 2.75) is 13.6 Å². The third-order valence-corrected chi connectivity index (χ3v) is 2.16. The molecule has 0 aliphatic heterocycles. The van der Waals surface area contributed by atoms with E-state index in [1.165, 1.54) is 0 Å². The van der Waals surface area contributed by atoms with E-state index in [1.807, 2.05) is 17.7 Å². The van der Waals surface area contributed by atoms with Gasteiger partial charge in [-0.05, 0) is 30.7 Å². The zero-order valence-electron chi connectivity index (χ0n) is 8.44. The van der Waals surface area contributed by atoms with E-state index in [0.29, 0.717) is 11.3 Å². The summed E-state index contributed by atoms with van der Waals surface area (Å²) in [5, 5.41) is 0. The summed E-state index contributed by atoms with van der Waals surface area (Å²) in [6.07, 6.45) is 3.56. The van der Waals surface area contributed by atoms with Crippen molar-refractivity contribution < 1.29 is 4.39 Å². The summed E-state index contributed by atoms with van der Waals surface area (Å²) in [5.74, 6) is 0. The molecule has 78 valence electrons. The van der Waals surface area contributed by atoms with Gasteiger partial charge in [-0.3, -0.25) is 0 Å². The van der Waals surface area contributed by atoms with Crippen LogP contribution in [0.1, 0.15) is 11.3 Å². The van der Waals surface area contributed by atoms with Gasteiger partial charge in [0, 0.05) is 17.6 Å². The van der Waals surface area contributed by atoms with Crippen molar-refractivity contribution >= 4 is 5.69 Å². The molecule has 2 aromatic rings. The lowest BCUT2D eigenvalue weighted by Crippen LogP contribution is -1.95. The molecule has 0 saturated carbocycles. The van der Waals surface area contributed by atoms with E-state index in [0.717, 1.165) is 11.4 Å². The molecule has 3 nitrogen and oxygen atoms in total. The molecule has 2 N–H and O–H groups in total. The lowest BCUT2D eigenvalue weighted by molar-refractivity contribution is 0.485. The Hall–Kier alpha value is -1.84. The number of hydrogen-bond acceptors (Lipinski definition) is 2. The first kappa shape index (κ1) is 9.71. The van der Waals surface area contributed by atoms with Gasteiger partial charge >= 0.3 is 0 Å². The highest BCUT2D eigenvalue weighted by atomic mass is 19.1. The normalized spacial score (nSPS) is 10.5. The van der Waals surface area contributed by atoms with E-state index in [9.17, 15) is 4.39 Å². The van der Waals surface area contributed by atoms with Gasteiger partial charge < -0.3 is 10.3 Å². The predicted octanol–water partition coefficient (Wildman–Crippen LogP) is 2.23. The molecule has 15 heavy (non-hydrogen) atoms. The number of nitrogen functional groups attached to an aromatic ring is 1. The fourth-order valence-electron chi connectivity index (χ4n) is 1.49. The van der Waals surface area contributed by atoms with Gasteiger partial charge in [-0.25, -0.2) is 9.37 Å². The highest BCUT2D eigenvalue weighted by molar-refractivity contribution is 5.51. The fraction of sp³-hybridized carbons (Fsp3) is 0.182. The number of anilines is 1. The van der Waals surface area contributed by atoms with E-state index in [4.69, 9.17) is 5.73 Å². The van der Waals surface area contributed by atoms with Crippen molar-refractivity contribution in [3.63, 3.8) is 0 Å². The number of alkyl halides is 1. The van der Waals surface area contributed by atoms with Crippen LogP contribution in [0.2, 0.25) is 0 Å². The van der Waals surface area contributed by atoms with Gasteiger partial charge in [0.1, 0.15) is 6.67 Å². The summed E-state index contributed by atoms with van der Waals surface area (Å²) in [5.41, 5.74) is 8.57. The van der Waals surface area contributed by atoms with Gasteiger partial charge in [-0.1, -0.05) is 0 Å². The first-order valence-electron chi connectivity index (χ1n) is 4.65. The number of hydrogen-bond donors (Lipinski definition) is 1. The molecule has 0 aliphatic carbocycles. The summed E-state index contributed by atoms with van der Waals surface area (Å²) >= 11 is 0. The van der Waals surface area contributed by atoms with Crippen LogP contribution in [0.25, 0.3) is 5.69 Å². The second-order valence-electron chi connectivity index (χ2n) is 3.49. The molecule has 4 heteroatoms. The van der Waals surface area contributed by atoms with Crippen molar-refractivity contribution in [1.82, 2.24) is 9.55 Å². The van der Waals surface area contributed by atoms with Crippen LogP contribution in [0.4, 0.5) is 10.1 Å². The Bertz CT molecular complexity index is 476. The van der Waals surface area contributed by atoms with Crippen molar-refractivity contribution in [1.29, 1.82) is 0 Å². The molecule has 0 amide bonds. The van der Waals surface area contributed by atoms with Crippen LogP contribution < -0.4 is 5.73 Å². The second kappa shape index (κ2) is 3.73. The number of rotatable bonds is 2. The number of aromatic nitrogens is 2. The Morgan fingerprint density at radius 3 is 2.80 bits per heavy atom. The Morgan fingerprint density at radius 2 is 2.20 bits per heavy atom. The quantitative estimate of drug-likeness (QED) is 0.764. The number of aryl methyl sites for hydroxylation is 1. The maximum atomic E-state index is 12.5. The van der Waals surface area contributed by atoms with Crippen molar-refractivity contribution in [3.8, 4) is 5.69 Å². The lowest BCUT2D eigenvalue weighted by Gasteiger charge is -2.05. The van der Waals surface area contributed by atoms with Crippen LogP contribution in [0.15, 0.2) is 30.7 Å². The summed E-state index contributed by atoms with van der Waals surface area (Å²) in [4.78, 5) is 4.11. The number of nitrogens with zero attached hydrogens (tertiary/aromatic N) is 2. The molecule has 0 aliphatic rings. The third-order valence-electron chi connectivity index (χ3n) is 2.16. The third kappa shape index (κ3) is 1.98. The monoisotopic (exact) mass is 205 g/mol. The Morgan fingerprint density at radius 1 is 1.40 bits per heavy atom. The molecule has 0 bridgehead atoms. The Kier molecular flexibility index (Phi) is 2.41. The Balaban J connectivity index is 2.48. The molecule has 0 radical (unpaired) electrons. The minimum atomic E-state index is -0.508. The van der Waals surface area contributed by atoms with Crippen LogP contribution in [0.3, 0.4) is 0 Å². The second-order valence-corrected chi connectivity index (χ2v) is 3.49. The number of nitrogens with two attached hydrogens (primary N) is 1. The summed E-state index contributed by atoms with van der Waals surface area (Å²) < 4.78 is 14.4. The molecule has 0 atom stereocenters. The summed E-state index contributed by atoms with van der Waals surface area (Å²) in [6.45, 7) is 1.39. The number of imidazole rings is 1. The molecule has 1 aromatic carbocycles. The van der Waals surface area contributed by atoms with Gasteiger partial charge in [0.25, 0.3) is 0 Å². The smallest absolute Gasteiger partial charge is 0.115 e. The maximum Gasteiger partial charge on any atom is 0.115 e. The summed E-state index contributed by atoms with van der Waals surface area (Å²) in [6, 6.07) is 5.19. The average Bonchev–Trinajstić information content (AvgIpc) is 2.64. The van der Waals surface area contributed by atoms with Crippen molar-refractivity contribution in [2.24, 2.45) is 0 Å². The molecule has 1 aromatic heterocycles. The molecule has 0 spiro atoms. The lowest BCUT2D eigenvalue weighted by atomic mass is 10.2. The van der Waals surface area contributed by atoms with E-state index in [-0.39, 0.29) is 0 Å². The first-order chi connectivity index (χ1) is 7.19. The molecule has 1 heterocycles. The molecule has 0 saturated heterocycles. The Labute approximate surface area is 87.4 Å². The molecule has 0 fully saturated rings. The SMILES string of the molecule is Cc1cn(-c2cc(N)cc(CF)c2)cn1. The maximum absolute atomic E-state index is 12.5. The van der Waals surface area contributed by atoms with E-state index >= 15 is 0 Å². The summed E-state index contributed by atoms with van der Waals surface area (Å²) in [7, 11) is 0. The largest absolute Gasteiger partial charge is 0.399 e. The molecular formula is C11H12FN3. The van der Waals surface area contributed by atoms with E-state index in [2.05, 4.69) is 4.98 Å². The van der Waals surface area contributed by atoms with Crippen molar-refractivity contribution in [2.75, 3.05) is 5.73 Å². The van der Waals surface area contributed by atoms with Gasteiger partial charge in [0.2, 0.25) is 0 Å². The van der Waals surface area contributed by atoms with Gasteiger partial charge in [-0.2, -0.15) is 0 Å². The predicted molar refractivity (Wildman–Crippen MR) is 57.5 cm³/mol. The van der Waals surface area contributed by atoms with Gasteiger partial charge in [-0.15, -0.1) is 0 Å². The highest BCUT2D eigenvalue weighted by Gasteiger charge is 2.01. The average molecular weight is 205 g/mol. The molecule has 2 rings (SSSR count). The van der Waals surface area contributed by atoms with E-state index in [1.54, 1.807) is 24.5 Å². The van der Waals surface area contributed by atoms with E-state index < -0.39 is 6.67 Å². The minimum Gasteiger partial charge on any atom is -0.399 e. The van der Waals surface area contributed by atoms with Crippen LogP contribution in [0, 0.1) is 6.92 Å². The van der Waals surface area contributed by atoms with Crippen LogP contribution in [0.5, 0.6) is 0 Å². The van der Waals surface area contributed by atoms with Gasteiger partial charge in [0.15, 0.2) is 0 Å². The van der Waals surface area contributed by atoms with Crippen LogP contribution in [-0.4, -0.2) is 9.55 Å². The molecule has 0 unspecified atom stereocenters. The van der Waals surface area contributed by atoms with Gasteiger partial charge in [0.05, 0.1) is 12.0 Å². The fourth-order valence-corrected chi connectivity index (χ4v) is 1.49. The topological polar surface area (TPSA) is 43.8 Å². The first-order valence-corrected chi connectivity index (χ1v) is 4.65. The minimum absolute atomic E-state index is 0.508. The molecular weight excluding hydrogens is 193 g/mol.